The summed E-state index contributed by atoms with van der Waals surface area (Å²) in [6.07, 6.45) is 0.982. The zero-order valence-electron chi connectivity index (χ0n) is 20.7. The Kier molecular flexibility index (Phi) is 19.2. The molecule has 0 aliphatic carbocycles. The van der Waals surface area contributed by atoms with Crippen molar-refractivity contribution in [1.29, 1.82) is 0 Å². The Morgan fingerprint density at radius 3 is 2.13 bits per heavy atom. The molecule has 0 aromatic heterocycles. The van der Waals surface area contributed by atoms with Crippen molar-refractivity contribution >= 4 is 23.8 Å². The van der Waals surface area contributed by atoms with Gasteiger partial charge in [0.2, 0.25) is 0 Å². The zero-order valence-corrected chi connectivity index (χ0v) is 22.9. The number of nitrogens with two attached hydrogens (primary N) is 1. The van der Waals surface area contributed by atoms with Crippen LogP contribution in [0.3, 0.4) is 0 Å². The second-order valence-electron chi connectivity index (χ2n) is 5.80. The van der Waals surface area contributed by atoms with Crippen LogP contribution in [0.1, 0.15) is 58.2 Å². The number of hydrogen-bond donors (Lipinski definition) is 2. The van der Waals surface area contributed by atoms with Gasteiger partial charge in [-0.05, 0) is 42.7 Å². The van der Waals surface area contributed by atoms with Gasteiger partial charge in [-0.2, -0.15) is 0 Å². The second-order valence-corrected chi connectivity index (χ2v) is 11.6. The molecule has 0 aliphatic rings. The number of alkyl halides is 2. The molecule has 0 amide bonds. The van der Waals surface area contributed by atoms with Crippen molar-refractivity contribution in [3.63, 3.8) is 0 Å². The van der Waals surface area contributed by atoms with Crippen LogP contribution in [0.15, 0.2) is 36.4 Å². The first-order valence-electron chi connectivity index (χ1n) is 10.8. The normalized spacial score (nSPS) is 9.55. The summed E-state index contributed by atoms with van der Waals surface area (Å²) in [5.41, 5.74) is 9.08. The smallest absolute Gasteiger partial charge is 0.172 e. The quantitative estimate of drug-likeness (QED) is 0.211. The Hall–Kier alpha value is -1.80. The van der Waals surface area contributed by atoms with Crippen molar-refractivity contribution in [3.05, 3.63) is 53.1 Å². The van der Waals surface area contributed by atoms with Crippen LogP contribution in [0.4, 0.5) is 4.79 Å². The van der Waals surface area contributed by atoms with Crippen LogP contribution in [0.25, 0.3) is 0 Å². The summed E-state index contributed by atoms with van der Waals surface area (Å²) in [7, 11) is 1.65. The first-order chi connectivity index (χ1) is 14.9. The number of benzene rings is 2. The summed E-state index contributed by atoms with van der Waals surface area (Å²) >= 11 is -1.49. The second kappa shape index (κ2) is 18.9. The molecular weight excluding hydrogens is 505 g/mol. The Morgan fingerprint density at radius 2 is 1.71 bits per heavy atom. The molecule has 2 aromatic carbocycles. The van der Waals surface area contributed by atoms with Crippen LogP contribution >= 0.6 is 19.8 Å². The van der Waals surface area contributed by atoms with E-state index in [0.717, 1.165) is 39.2 Å². The first kappa shape index (κ1) is 31.4. The fourth-order valence-electron chi connectivity index (χ4n) is 2.28. The van der Waals surface area contributed by atoms with Gasteiger partial charge in [0.15, 0.2) is 11.5 Å². The maximum Gasteiger partial charge on any atom is 0.172 e. The summed E-state index contributed by atoms with van der Waals surface area (Å²) in [6, 6.07) is 12.0. The van der Waals surface area contributed by atoms with Crippen LogP contribution in [-0.4, -0.2) is 25.6 Å². The van der Waals surface area contributed by atoms with E-state index in [0.29, 0.717) is 6.54 Å². The van der Waals surface area contributed by atoms with Gasteiger partial charge in [0.25, 0.3) is 0 Å². The van der Waals surface area contributed by atoms with Gasteiger partial charge in [-0.1, -0.05) is 52.8 Å². The van der Waals surface area contributed by atoms with E-state index >= 15 is 0 Å². The van der Waals surface area contributed by atoms with E-state index in [1.54, 1.807) is 7.11 Å². The number of rotatable bonds is 7. The number of carboxylic acid groups (broad SMARTS) is 1. The van der Waals surface area contributed by atoms with Crippen molar-refractivity contribution in [2.24, 2.45) is 5.73 Å². The predicted molar refractivity (Wildman–Crippen MR) is 143 cm³/mol. The summed E-state index contributed by atoms with van der Waals surface area (Å²) in [6.45, 7) is 14.5. The van der Waals surface area contributed by atoms with E-state index in [2.05, 4.69) is 13.0 Å². The molecule has 0 saturated heterocycles. The minimum absolute atomic E-state index is 0.487. The zero-order chi connectivity index (χ0) is 24.4. The number of hydrogen-bond acceptors (Lipinski definition) is 4. The van der Waals surface area contributed by atoms with Gasteiger partial charge in [-0.25, -0.2) is 0 Å². The molecule has 0 spiro atoms. The molecule has 0 radical (unpaired) electrons. The molecule has 0 atom stereocenters. The topological polar surface area (TPSA) is 81.8 Å². The minimum atomic E-state index is -1.49. The third kappa shape index (κ3) is 11.4. The largest absolute Gasteiger partial charge is 0.493 e. The summed E-state index contributed by atoms with van der Waals surface area (Å²) in [5.74, 6) is 2.28. The molecule has 2 rings (SSSR count). The van der Waals surface area contributed by atoms with E-state index in [9.17, 15) is 4.79 Å². The third-order valence-electron chi connectivity index (χ3n) is 4.13. The maximum absolute atomic E-state index is 10.00. The average Bonchev–Trinajstić information content (AvgIpc) is 2.82. The van der Waals surface area contributed by atoms with E-state index in [4.69, 9.17) is 20.3 Å². The monoisotopic (exact) mass is 547 g/mol. The van der Waals surface area contributed by atoms with Gasteiger partial charge in [-0.3, -0.25) is 0 Å². The molecule has 0 saturated carbocycles. The van der Waals surface area contributed by atoms with Crippen molar-refractivity contribution in [2.45, 2.75) is 61.4 Å². The van der Waals surface area contributed by atoms with E-state index < -0.39 is 23.8 Å². The maximum atomic E-state index is 10.00. The van der Waals surface area contributed by atoms with Gasteiger partial charge in [0, 0.05) is 12.1 Å². The molecule has 178 valence electrons. The Morgan fingerprint density at radius 1 is 1.10 bits per heavy atom. The number of halogens is 1. The molecule has 0 heterocycles. The Bertz CT molecular complexity index is 750. The summed E-state index contributed by atoms with van der Waals surface area (Å²) < 4.78 is 11.7. The first-order valence-corrected chi connectivity index (χ1v) is 15.6. The van der Waals surface area contributed by atoms with Crippen LogP contribution in [-0.2, 0) is 13.0 Å². The van der Waals surface area contributed by atoms with Crippen molar-refractivity contribution in [3.8, 4) is 17.2 Å². The summed E-state index contributed by atoms with van der Waals surface area (Å²) in [4.78, 5) is 11.9. The van der Waals surface area contributed by atoms with Crippen LogP contribution < -0.4 is 15.2 Å². The van der Waals surface area contributed by atoms with Crippen LogP contribution in [0.2, 0.25) is 0 Å². The Labute approximate surface area is 196 Å². The number of methoxy groups -OCH3 is 1. The molecular formula is C25H42INO4. The standard InChI is InChI=1S/C17H21NO2.C4H9IO2.2C2H6/c1-4-13-6-5-7-15(10-13)20-17-12(2)14(11-18)8-9-16(17)19-3;1-3-5(2)4(6)7;2*1-2/h5-10H,4,11,18H2,1-3H3;3H2,1-2H3,(H,6,7);2*1-2H3. The third-order valence-corrected chi connectivity index (χ3v) is 7.99. The van der Waals surface area contributed by atoms with Crippen LogP contribution in [0, 0.1) is 6.92 Å². The molecule has 3 N–H and O–H groups in total. The predicted octanol–water partition coefficient (Wildman–Crippen LogP) is 7.69. The Balaban J connectivity index is 0. The summed E-state index contributed by atoms with van der Waals surface area (Å²) in [5, 5.41) is 8.25. The molecule has 5 nitrogen and oxygen atoms in total. The minimum Gasteiger partial charge on any atom is -0.493 e. The molecule has 0 bridgehead atoms. The molecule has 6 heteroatoms. The van der Waals surface area contributed by atoms with Crippen LogP contribution in [0.5, 0.6) is 17.2 Å². The molecule has 2 aromatic rings. The van der Waals surface area contributed by atoms with Crippen molar-refractivity contribution < 1.29 is 19.4 Å². The van der Waals surface area contributed by atoms with Gasteiger partial charge in [0.05, 0.1) is 7.11 Å². The van der Waals surface area contributed by atoms with E-state index in [1.165, 1.54) is 5.56 Å². The number of carbonyl (C=O) groups is 1. The SMILES string of the molecule is CC.CC.CCI(C)C(=O)O.CCc1cccc(Oc2c(OC)ccc(CN)c2C)c1. The fraction of sp³-hybridized carbons (Fsp3) is 0.480. The van der Waals surface area contributed by atoms with Gasteiger partial charge >= 0.3 is 50.0 Å². The number of ether oxygens (including phenoxy) is 2. The average molecular weight is 548 g/mol. The van der Waals surface area contributed by atoms with E-state index in [1.807, 2.05) is 76.8 Å². The van der Waals surface area contributed by atoms with E-state index in [-0.39, 0.29) is 0 Å². The van der Waals surface area contributed by atoms with Gasteiger partial charge in [0.1, 0.15) is 5.75 Å². The molecule has 0 unspecified atom stereocenters. The molecule has 0 aliphatic heterocycles. The molecule has 0 fully saturated rings. The fourth-order valence-corrected chi connectivity index (χ4v) is 2.93. The molecule has 31 heavy (non-hydrogen) atoms. The van der Waals surface area contributed by atoms with Crippen molar-refractivity contribution in [1.82, 2.24) is 0 Å². The number of aryl methyl sites for hydroxylation is 1. The van der Waals surface area contributed by atoms with Gasteiger partial charge < -0.3 is 15.2 Å². The van der Waals surface area contributed by atoms with Crippen molar-refractivity contribution in [2.75, 3.05) is 16.5 Å². The van der Waals surface area contributed by atoms with Gasteiger partial charge in [-0.15, -0.1) is 0 Å².